The van der Waals surface area contributed by atoms with E-state index in [2.05, 4.69) is 33.1 Å². The summed E-state index contributed by atoms with van der Waals surface area (Å²) in [5, 5.41) is 4.72. The number of rotatable bonds is 4. The van der Waals surface area contributed by atoms with Crippen LogP contribution in [0.4, 0.5) is 0 Å². The van der Waals surface area contributed by atoms with E-state index in [1.54, 1.807) is 0 Å². The fourth-order valence-electron chi connectivity index (χ4n) is 2.01. The van der Waals surface area contributed by atoms with E-state index in [1.165, 1.54) is 0 Å². The van der Waals surface area contributed by atoms with Gasteiger partial charge >= 0.3 is 0 Å². The number of likely N-dealkylation sites (N-methyl/N-ethyl adjacent to an activating group) is 1. The summed E-state index contributed by atoms with van der Waals surface area (Å²) in [6.45, 7) is 5.03. The van der Waals surface area contributed by atoms with Gasteiger partial charge in [-0.1, -0.05) is 0 Å². The standard InChI is InChI=1S/C11H22N6O/c1-15-3-5-17(6-4-15)9-11(18)12-7-10-8-16(2)14-13-10/h8,13-14H,3-7,9H2,1-2H3,(H,12,18). The molecule has 1 saturated heterocycles. The maximum absolute atomic E-state index is 11.8. The van der Waals surface area contributed by atoms with Crippen molar-refractivity contribution in [3.8, 4) is 0 Å². The molecule has 0 radical (unpaired) electrons. The predicted molar refractivity (Wildman–Crippen MR) is 69.1 cm³/mol. The summed E-state index contributed by atoms with van der Waals surface area (Å²) in [7, 11) is 4.01. The van der Waals surface area contributed by atoms with E-state index in [0.29, 0.717) is 13.1 Å². The molecule has 18 heavy (non-hydrogen) atoms. The van der Waals surface area contributed by atoms with Gasteiger partial charge < -0.3 is 15.6 Å². The number of piperazine rings is 1. The van der Waals surface area contributed by atoms with E-state index in [0.717, 1.165) is 31.9 Å². The SMILES string of the molecule is CN1CCN(CC(=O)NCC2=CN(C)NN2)CC1. The van der Waals surface area contributed by atoms with Crippen LogP contribution in [0.1, 0.15) is 0 Å². The largest absolute Gasteiger partial charge is 0.349 e. The number of hydrogen-bond donors (Lipinski definition) is 3. The maximum Gasteiger partial charge on any atom is 0.234 e. The van der Waals surface area contributed by atoms with E-state index in [-0.39, 0.29) is 5.91 Å². The van der Waals surface area contributed by atoms with Crippen LogP contribution in [-0.2, 0) is 4.79 Å². The Morgan fingerprint density at radius 2 is 2.06 bits per heavy atom. The van der Waals surface area contributed by atoms with Crippen molar-refractivity contribution >= 4 is 5.91 Å². The highest BCUT2D eigenvalue weighted by molar-refractivity contribution is 5.78. The summed E-state index contributed by atoms with van der Waals surface area (Å²) in [6.07, 6.45) is 1.91. The van der Waals surface area contributed by atoms with E-state index in [9.17, 15) is 4.79 Å². The van der Waals surface area contributed by atoms with Crippen LogP contribution in [0.5, 0.6) is 0 Å². The first kappa shape index (κ1) is 13.1. The summed E-state index contributed by atoms with van der Waals surface area (Å²) in [5.41, 5.74) is 6.84. The van der Waals surface area contributed by atoms with E-state index in [4.69, 9.17) is 0 Å². The van der Waals surface area contributed by atoms with E-state index in [1.807, 2.05) is 18.3 Å². The van der Waals surface area contributed by atoms with Crippen LogP contribution in [0.15, 0.2) is 11.9 Å². The fourth-order valence-corrected chi connectivity index (χ4v) is 2.01. The Hall–Kier alpha value is -1.31. The van der Waals surface area contributed by atoms with Crippen LogP contribution in [0.3, 0.4) is 0 Å². The van der Waals surface area contributed by atoms with Crippen LogP contribution < -0.4 is 16.3 Å². The van der Waals surface area contributed by atoms with Gasteiger partial charge in [-0.15, -0.1) is 5.53 Å². The number of carbonyl (C=O) groups is 1. The smallest absolute Gasteiger partial charge is 0.234 e. The molecule has 2 heterocycles. The van der Waals surface area contributed by atoms with Crippen molar-refractivity contribution in [3.63, 3.8) is 0 Å². The lowest BCUT2D eigenvalue weighted by atomic mass is 10.3. The van der Waals surface area contributed by atoms with Gasteiger partial charge in [0.25, 0.3) is 0 Å². The average molecular weight is 254 g/mol. The minimum absolute atomic E-state index is 0.0804. The molecular weight excluding hydrogens is 232 g/mol. The second-order valence-corrected chi connectivity index (χ2v) is 4.86. The molecule has 2 aliphatic rings. The summed E-state index contributed by atoms with van der Waals surface area (Å²) in [6, 6.07) is 0. The molecule has 2 rings (SSSR count). The Labute approximate surface area is 108 Å². The van der Waals surface area contributed by atoms with Crippen molar-refractivity contribution < 1.29 is 4.79 Å². The summed E-state index contributed by atoms with van der Waals surface area (Å²) in [4.78, 5) is 16.2. The number of amides is 1. The molecule has 7 heteroatoms. The highest BCUT2D eigenvalue weighted by atomic mass is 16.2. The quantitative estimate of drug-likeness (QED) is 0.547. The monoisotopic (exact) mass is 254 g/mol. The van der Waals surface area contributed by atoms with Gasteiger partial charge in [-0.2, -0.15) is 0 Å². The highest BCUT2D eigenvalue weighted by Crippen LogP contribution is 1.98. The first-order chi connectivity index (χ1) is 8.63. The lowest BCUT2D eigenvalue weighted by Crippen LogP contribution is -2.48. The van der Waals surface area contributed by atoms with Crippen LogP contribution in [0, 0.1) is 0 Å². The Morgan fingerprint density at radius 1 is 1.33 bits per heavy atom. The minimum atomic E-state index is 0.0804. The van der Waals surface area contributed by atoms with Crippen molar-refractivity contribution in [2.45, 2.75) is 0 Å². The summed E-state index contributed by atoms with van der Waals surface area (Å²) >= 11 is 0. The minimum Gasteiger partial charge on any atom is -0.349 e. The Morgan fingerprint density at radius 3 is 2.67 bits per heavy atom. The van der Waals surface area contributed by atoms with Crippen molar-refractivity contribution in [3.05, 3.63) is 11.9 Å². The molecule has 2 aliphatic heterocycles. The molecule has 0 aromatic carbocycles. The Balaban J connectivity index is 1.65. The zero-order chi connectivity index (χ0) is 13.0. The molecule has 0 unspecified atom stereocenters. The normalized spacial score (nSPS) is 21.7. The molecule has 0 aromatic rings. The fraction of sp³-hybridized carbons (Fsp3) is 0.727. The van der Waals surface area contributed by atoms with Crippen LogP contribution >= 0.6 is 0 Å². The second-order valence-electron chi connectivity index (χ2n) is 4.86. The first-order valence-corrected chi connectivity index (χ1v) is 6.26. The molecule has 0 bridgehead atoms. The predicted octanol–water partition coefficient (Wildman–Crippen LogP) is -1.85. The summed E-state index contributed by atoms with van der Waals surface area (Å²) in [5.74, 6) is 0.0804. The topological polar surface area (TPSA) is 62.9 Å². The molecule has 0 atom stereocenters. The lowest BCUT2D eigenvalue weighted by Gasteiger charge is -2.31. The second kappa shape index (κ2) is 6.03. The first-order valence-electron chi connectivity index (χ1n) is 6.26. The average Bonchev–Trinajstić information content (AvgIpc) is 2.76. The van der Waals surface area contributed by atoms with E-state index >= 15 is 0 Å². The molecule has 0 saturated carbocycles. The molecule has 0 aliphatic carbocycles. The third kappa shape index (κ3) is 3.86. The van der Waals surface area contributed by atoms with Crippen molar-refractivity contribution in [2.75, 3.05) is 53.4 Å². The number of nitrogens with zero attached hydrogens (tertiary/aromatic N) is 3. The molecule has 0 spiro atoms. The van der Waals surface area contributed by atoms with Gasteiger partial charge in [0.05, 0.1) is 18.8 Å². The van der Waals surface area contributed by atoms with E-state index < -0.39 is 0 Å². The molecule has 7 nitrogen and oxygen atoms in total. The third-order valence-electron chi connectivity index (χ3n) is 3.18. The highest BCUT2D eigenvalue weighted by Gasteiger charge is 2.16. The Bertz CT molecular complexity index is 323. The zero-order valence-electron chi connectivity index (χ0n) is 11.1. The van der Waals surface area contributed by atoms with Gasteiger partial charge in [-0.3, -0.25) is 14.7 Å². The summed E-state index contributed by atoms with van der Waals surface area (Å²) < 4.78 is 0. The molecule has 1 amide bonds. The maximum atomic E-state index is 11.8. The molecule has 0 aromatic heterocycles. The molecule has 3 N–H and O–H groups in total. The number of carbonyl (C=O) groups excluding carboxylic acids is 1. The third-order valence-corrected chi connectivity index (χ3v) is 3.18. The van der Waals surface area contributed by atoms with Gasteiger partial charge in [0.15, 0.2) is 0 Å². The van der Waals surface area contributed by atoms with Crippen molar-refractivity contribution in [2.24, 2.45) is 0 Å². The Kier molecular flexibility index (Phi) is 4.40. The zero-order valence-corrected chi connectivity index (χ0v) is 11.1. The number of hydrazine groups is 2. The van der Waals surface area contributed by atoms with Crippen LogP contribution in [-0.4, -0.2) is 74.1 Å². The van der Waals surface area contributed by atoms with Crippen LogP contribution in [0.25, 0.3) is 0 Å². The number of nitrogens with one attached hydrogen (secondary N) is 3. The number of hydrogen-bond acceptors (Lipinski definition) is 6. The van der Waals surface area contributed by atoms with Gasteiger partial charge in [-0.25, -0.2) is 0 Å². The molecular formula is C11H22N6O. The van der Waals surface area contributed by atoms with Crippen molar-refractivity contribution in [1.29, 1.82) is 0 Å². The molecule has 102 valence electrons. The van der Waals surface area contributed by atoms with Crippen LogP contribution in [0.2, 0.25) is 0 Å². The van der Waals surface area contributed by atoms with Crippen molar-refractivity contribution in [1.82, 2.24) is 31.1 Å². The lowest BCUT2D eigenvalue weighted by molar-refractivity contribution is -0.122. The van der Waals surface area contributed by atoms with Gasteiger partial charge in [0.1, 0.15) is 0 Å². The van der Waals surface area contributed by atoms with Gasteiger partial charge in [-0.05, 0) is 7.05 Å². The molecule has 1 fully saturated rings. The van der Waals surface area contributed by atoms with Gasteiger partial charge in [0, 0.05) is 39.4 Å². The van der Waals surface area contributed by atoms with Gasteiger partial charge in [0.2, 0.25) is 5.91 Å².